The Morgan fingerprint density at radius 2 is 1.74 bits per heavy atom. The van der Waals surface area contributed by atoms with Gasteiger partial charge in [0.2, 0.25) is 5.91 Å². The molecule has 0 aliphatic rings. The summed E-state index contributed by atoms with van der Waals surface area (Å²) in [6, 6.07) is 12.5. The Balaban J connectivity index is 1.77. The number of methoxy groups -OCH3 is 2. The number of rotatable bonds is 12. The van der Waals surface area contributed by atoms with E-state index < -0.39 is 0 Å². The van der Waals surface area contributed by atoms with E-state index in [9.17, 15) is 9.59 Å². The molecule has 1 atom stereocenters. The molecule has 3 aromatic rings. The lowest BCUT2D eigenvalue weighted by atomic mass is 10.1. The molecule has 0 aliphatic carbocycles. The van der Waals surface area contributed by atoms with Crippen LogP contribution in [-0.4, -0.2) is 55.0 Å². The fraction of sp³-hybridized carbons (Fsp3) is 0.385. The molecule has 0 radical (unpaired) electrons. The van der Waals surface area contributed by atoms with Crippen LogP contribution in [0.5, 0.6) is 11.5 Å². The molecule has 0 fully saturated rings. The molecule has 0 saturated heterocycles. The number of furan rings is 2. The van der Waals surface area contributed by atoms with Crippen molar-refractivity contribution in [1.29, 1.82) is 0 Å². The predicted octanol–water partition coefficient (Wildman–Crippen LogP) is 4.40. The maximum absolute atomic E-state index is 13.4. The standard InChI is InChI=1S/C26H32N2O6/c1-5-19(2)28(26(30)23-9-7-15-34-23)18-25(29)27(17-21-8-6-14-33-21)13-12-20-10-11-22(31-3)24(16-20)32-4/h6-11,14-16,19H,5,12-13,17-18H2,1-4H3. The molecule has 0 aliphatic heterocycles. The molecule has 0 spiro atoms. The van der Waals surface area contributed by atoms with Gasteiger partial charge >= 0.3 is 0 Å². The van der Waals surface area contributed by atoms with E-state index in [1.54, 1.807) is 48.5 Å². The van der Waals surface area contributed by atoms with Crippen LogP contribution in [0.4, 0.5) is 0 Å². The minimum atomic E-state index is -0.300. The van der Waals surface area contributed by atoms with Crippen LogP contribution in [0, 0.1) is 0 Å². The Labute approximate surface area is 200 Å². The quantitative estimate of drug-likeness (QED) is 0.392. The molecule has 8 heteroatoms. The van der Waals surface area contributed by atoms with Crippen molar-refractivity contribution >= 4 is 11.8 Å². The topological polar surface area (TPSA) is 85.4 Å². The number of ether oxygens (including phenoxy) is 2. The van der Waals surface area contributed by atoms with Crippen LogP contribution < -0.4 is 9.47 Å². The van der Waals surface area contributed by atoms with E-state index in [0.717, 1.165) is 5.56 Å². The predicted molar refractivity (Wildman–Crippen MR) is 127 cm³/mol. The van der Waals surface area contributed by atoms with Gasteiger partial charge in [-0.15, -0.1) is 0 Å². The summed E-state index contributed by atoms with van der Waals surface area (Å²) < 4.78 is 21.5. The van der Waals surface area contributed by atoms with Gasteiger partial charge in [-0.2, -0.15) is 0 Å². The highest BCUT2D eigenvalue weighted by Gasteiger charge is 2.27. The fourth-order valence-electron chi connectivity index (χ4n) is 3.62. The molecule has 2 amide bonds. The molecule has 0 bridgehead atoms. The van der Waals surface area contributed by atoms with E-state index in [2.05, 4.69) is 0 Å². The Morgan fingerprint density at radius 3 is 2.35 bits per heavy atom. The van der Waals surface area contributed by atoms with E-state index >= 15 is 0 Å². The van der Waals surface area contributed by atoms with Crippen molar-refractivity contribution < 1.29 is 27.9 Å². The molecule has 0 saturated carbocycles. The van der Waals surface area contributed by atoms with Crippen LogP contribution in [0.15, 0.2) is 63.8 Å². The van der Waals surface area contributed by atoms with Gasteiger partial charge in [0.15, 0.2) is 17.3 Å². The van der Waals surface area contributed by atoms with Gasteiger partial charge in [0, 0.05) is 12.6 Å². The van der Waals surface area contributed by atoms with E-state index in [1.807, 2.05) is 38.1 Å². The Kier molecular flexibility index (Phi) is 8.79. The number of hydrogen-bond donors (Lipinski definition) is 0. The summed E-state index contributed by atoms with van der Waals surface area (Å²) >= 11 is 0. The first-order chi connectivity index (χ1) is 16.5. The minimum Gasteiger partial charge on any atom is -0.493 e. The number of carbonyl (C=O) groups is 2. The smallest absolute Gasteiger partial charge is 0.290 e. The summed E-state index contributed by atoms with van der Waals surface area (Å²) in [4.78, 5) is 29.7. The lowest BCUT2D eigenvalue weighted by Crippen LogP contribution is -2.46. The molecule has 0 N–H and O–H groups in total. The Bertz CT molecular complexity index is 1050. The number of nitrogens with zero attached hydrogens (tertiary/aromatic N) is 2. The molecule has 1 unspecified atom stereocenters. The van der Waals surface area contributed by atoms with Gasteiger partial charge in [0.1, 0.15) is 12.3 Å². The van der Waals surface area contributed by atoms with Gasteiger partial charge in [0.25, 0.3) is 5.91 Å². The van der Waals surface area contributed by atoms with Crippen molar-refractivity contribution in [1.82, 2.24) is 9.80 Å². The maximum Gasteiger partial charge on any atom is 0.290 e. The molecule has 34 heavy (non-hydrogen) atoms. The maximum atomic E-state index is 13.4. The molecule has 1 aromatic carbocycles. The van der Waals surface area contributed by atoms with Gasteiger partial charge in [-0.3, -0.25) is 9.59 Å². The highest BCUT2D eigenvalue weighted by Crippen LogP contribution is 2.28. The zero-order valence-electron chi connectivity index (χ0n) is 20.2. The summed E-state index contributed by atoms with van der Waals surface area (Å²) in [6.45, 7) is 4.60. The summed E-state index contributed by atoms with van der Waals surface area (Å²) in [7, 11) is 3.18. The zero-order chi connectivity index (χ0) is 24.5. The van der Waals surface area contributed by atoms with Crippen LogP contribution in [-0.2, 0) is 17.8 Å². The van der Waals surface area contributed by atoms with E-state index in [1.165, 1.54) is 6.26 Å². The Hall–Kier alpha value is -3.68. The van der Waals surface area contributed by atoms with Gasteiger partial charge in [-0.05, 0) is 61.7 Å². The van der Waals surface area contributed by atoms with Gasteiger partial charge in [0.05, 0.1) is 33.3 Å². The van der Waals surface area contributed by atoms with Gasteiger partial charge in [-0.1, -0.05) is 13.0 Å². The average Bonchev–Trinajstić information content (AvgIpc) is 3.58. The molecule has 2 aromatic heterocycles. The van der Waals surface area contributed by atoms with Crippen LogP contribution in [0.2, 0.25) is 0 Å². The number of hydrogen-bond acceptors (Lipinski definition) is 6. The van der Waals surface area contributed by atoms with Crippen LogP contribution in [0.25, 0.3) is 0 Å². The average molecular weight is 469 g/mol. The summed E-state index contributed by atoms with van der Waals surface area (Å²) in [6.07, 6.45) is 4.35. The van der Waals surface area contributed by atoms with Crippen molar-refractivity contribution in [2.75, 3.05) is 27.3 Å². The first-order valence-electron chi connectivity index (χ1n) is 11.3. The van der Waals surface area contributed by atoms with Crippen LogP contribution in [0.1, 0.15) is 42.1 Å². The normalized spacial score (nSPS) is 11.6. The molecular weight excluding hydrogens is 436 g/mol. The highest BCUT2D eigenvalue weighted by atomic mass is 16.5. The second-order valence-corrected chi connectivity index (χ2v) is 8.00. The lowest BCUT2D eigenvalue weighted by molar-refractivity contribution is -0.133. The van der Waals surface area contributed by atoms with Crippen molar-refractivity contribution in [3.63, 3.8) is 0 Å². The number of carbonyl (C=O) groups excluding carboxylic acids is 2. The third kappa shape index (κ3) is 6.21. The largest absolute Gasteiger partial charge is 0.493 e. The van der Waals surface area contributed by atoms with Crippen LogP contribution in [0.3, 0.4) is 0 Å². The van der Waals surface area contributed by atoms with Crippen molar-refractivity contribution in [2.24, 2.45) is 0 Å². The molecular formula is C26H32N2O6. The first kappa shape index (κ1) is 25.0. The number of benzene rings is 1. The summed E-state index contributed by atoms with van der Waals surface area (Å²) in [5, 5.41) is 0. The Morgan fingerprint density at radius 1 is 1.00 bits per heavy atom. The monoisotopic (exact) mass is 468 g/mol. The van der Waals surface area contributed by atoms with Crippen molar-refractivity contribution in [3.05, 3.63) is 72.1 Å². The third-order valence-corrected chi connectivity index (χ3v) is 5.82. The third-order valence-electron chi connectivity index (χ3n) is 5.82. The van der Waals surface area contributed by atoms with Crippen molar-refractivity contribution in [2.45, 2.75) is 39.3 Å². The first-order valence-corrected chi connectivity index (χ1v) is 11.3. The molecule has 8 nitrogen and oxygen atoms in total. The second kappa shape index (κ2) is 12.0. The summed E-state index contributed by atoms with van der Waals surface area (Å²) in [5.74, 6) is 1.71. The molecule has 3 rings (SSSR count). The molecule has 2 heterocycles. The van der Waals surface area contributed by atoms with Crippen LogP contribution >= 0.6 is 0 Å². The van der Waals surface area contributed by atoms with E-state index in [0.29, 0.717) is 43.2 Å². The minimum absolute atomic E-state index is 0.0544. The molecule has 182 valence electrons. The van der Waals surface area contributed by atoms with Crippen molar-refractivity contribution in [3.8, 4) is 11.5 Å². The summed E-state index contributed by atoms with van der Waals surface area (Å²) in [5.41, 5.74) is 1.00. The SMILES string of the molecule is CCC(C)N(CC(=O)N(CCc1ccc(OC)c(OC)c1)Cc1ccco1)C(=O)c1ccco1. The van der Waals surface area contributed by atoms with Gasteiger partial charge in [-0.25, -0.2) is 0 Å². The van der Waals surface area contributed by atoms with E-state index in [4.69, 9.17) is 18.3 Å². The number of amides is 2. The fourth-order valence-corrected chi connectivity index (χ4v) is 3.62. The second-order valence-electron chi connectivity index (χ2n) is 8.00. The highest BCUT2D eigenvalue weighted by molar-refractivity contribution is 5.94. The van der Waals surface area contributed by atoms with E-state index in [-0.39, 0.29) is 30.2 Å². The lowest BCUT2D eigenvalue weighted by Gasteiger charge is -2.30. The van der Waals surface area contributed by atoms with Gasteiger partial charge < -0.3 is 28.1 Å². The zero-order valence-corrected chi connectivity index (χ0v) is 20.2.